The second-order valence-electron chi connectivity index (χ2n) is 7.34. The fraction of sp³-hybridized carbons (Fsp3) is 0.875. The Hall–Kier alpha value is -1.26. The monoisotopic (exact) mass is 294 g/mol. The molecule has 2 atom stereocenters. The molecule has 0 aromatic heterocycles. The molecule has 1 aliphatic heterocycles. The normalized spacial score (nSPS) is 39.1. The number of aliphatic carboxylic acids is 1. The second kappa shape index (κ2) is 5.50. The number of fused-ring (bicyclic) bond motifs is 1. The Kier molecular flexibility index (Phi) is 3.84. The van der Waals surface area contributed by atoms with Crippen molar-refractivity contribution < 1.29 is 14.7 Å². The van der Waals surface area contributed by atoms with E-state index in [1.807, 2.05) is 0 Å². The van der Waals surface area contributed by atoms with Gasteiger partial charge < -0.3 is 15.3 Å². The number of carboxylic acids is 1. The standard InChI is InChI=1S/C16H26N2O3/c1-11-4-6-13(7-5-11)17-15(21)18-9-12-3-2-8-16(12,10-18)14(19)20/h11-13H,2-10H2,1H3,(H,17,21)(H,19,20)/t11?,12-,13?,16+/m0/s1. The molecular formula is C16H26N2O3. The molecule has 2 saturated carbocycles. The molecule has 2 N–H and O–H groups in total. The van der Waals surface area contributed by atoms with Crippen LogP contribution in [0.25, 0.3) is 0 Å². The summed E-state index contributed by atoms with van der Waals surface area (Å²) >= 11 is 0. The summed E-state index contributed by atoms with van der Waals surface area (Å²) in [5.74, 6) is 0.193. The number of amides is 2. The molecule has 5 nitrogen and oxygen atoms in total. The number of urea groups is 1. The van der Waals surface area contributed by atoms with Crippen LogP contribution in [0.15, 0.2) is 0 Å². The molecule has 0 bridgehead atoms. The third kappa shape index (κ3) is 2.62. The predicted octanol–water partition coefficient (Wildman–Crippen LogP) is 2.46. The van der Waals surface area contributed by atoms with Gasteiger partial charge in [0.15, 0.2) is 0 Å². The maximum atomic E-state index is 12.4. The van der Waals surface area contributed by atoms with Gasteiger partial charge in [0.25, 0.3) is 0 Å². The summed E-state index contributed by atoms with van der Waals surface area (Å²) in [5, 5.41) is 12.7. The number of carbonyl (C=O) groups excluding carboxylic acids is 1. The van der Waals surface area contributed by atoms with Crippen LogP contribution in [0.1, 0.15) is 51.9 Å². The highest BCUT2D eigenvalue weighted by atomic mass is 16.4. The van der Waals surface area contributed by atoms with Crippen LogP contribution in [0.5, 0.6) is 0 Å². The quantitative estimate of drug-likeness (QED) is 0.822. The highest BCUT2D eigenvalue weighted by Crippen LogP contribution is 2.48. The number of hydrogen-bond acceptors (Lipinski definition) is 2. The van der Waals surface area contributed by atoms with Crippen molar-refractivity contribution in [2.45, 2.75) is 57.9 Å². The van der Waals surface area contributed by atoms with Crippen LogP contribution in [-0.2, 0) is 4.79 Å². The molecule has 0 aromatic rings. The van der Waals surface area contributed by atoms with Gasteiger partial charge in [0.05, 0.1) is 5.41 Å². The van der Waals surface area contributed by atoms with Gasteiger partial charge in [-0.05, 0) is 50.4 Å². The van der Waals surface area contributed by atoms with Crippen LogP contribution < -0.4 is 5.32 Å². The first-order valence-electron chi connectivity index (χ1n) is 8.30. The SMILES string of the molecule is CC1CCC(NC(=O)N2C[C@@H]3CCC[C@@]3(C(=O)O)C2)CC1. The summed E-state index contributed by atoms with van der Waals surface area (Å²) in [6.07, 6.45) is 7.09. The van der Waals surface area contributed by atoms with Gasteiger partial charge in [0.1, 0.15) is 0 Å². The number of carboxylic acid groups (broad SMARTS) is 1. The Morgan fingerprint density at radius 2 is 1.90 bits per heavy atom. The number of hydrogen-bond donors (Lipinski definition) is 2. The van der Waals surface area contributed by atoms with Crippen molar-refractivity contribution >= 4 is 12.0 Å². The van der Waals surface area contributed by atoms with E-state index < -0.39 is 11.4 Å². The molecule has 0 aromatic carbocycles. The molecule has 5 heteroatoms. The molecule has 2 aliphatic carbocycles. The van der Waals surface area contributed by atoms with E-state index in [0.29, 0.717) is 13.1 Å². The predicted molar refractivity (Wildman–Crippen MR) is 78.9 cm³/mol. The maximum Gasteiger partial charge on any atom is 0.317 e. The van der Waals surface area contributed by atoms with Crippen molar-refractivity contribution in [3.63, 3.8) is 0 Å². The van der Waals surface area contributed by atoms with E-state index in [9.17, 15) is 14.7 Å². The molecule has 118 valence electrons. The van der Waals surface area contributed by atoms with Crippen LogP contribution in [0.3, 0.4) is 0 Å². The lowest BCUT2D eigenvalue weighted by molar-refractivity contribution is -0.149. The van der Waals surface area contributed by atoms with Crippen LogP contribution >= 0.6 is 0 Å². The van der Waals surface area contributed by atoms with Crippen LogP contribution in [0, 0.1) is 17.3 Å². The summed E-state index contributed by atoms with van der Waals surface area (Å²) < 4.78 is 0. The van der Waals surface area contributed by atoms with E-state index in [1.165, 1.54) is 12.8 Å². The maximum absolute atomic E-state index is 12.4. The molecule has 3 rings (SSSR count). The van der Waals surface area contributed by atoms with Crippen molar-refractivity contribution in [2.24, 2.45) is 17.3 Å². The van der Waals surface area contributed by atoms with Crippen molar-refractivity contribution in [3.8, 4) is 0 Å². The Balaban J connectivity index is 1.58. The minimum atomic E-state index is -0.716. The lowest BCUT2D eigenvalue weighted by Gasteiger charge is -2.29. The Morgan fingerprint density at radius 1 is 1.19 bits per heavy atom. The number of nitrogens with one attached hydrogen (secondary N) is 1. The van der Waals surface area contributed by atoms with Crippen molar-refractivity contribution in [1.29, 1.82) is 0 Å². The zero-order valence-corrected chi connectivity index (χ0v) is 12.8. The average Bonchev–Trinajstić information content (AvgIpc) is 2.99. The number of rotatable bonds is 2. The van der Waals surface area contributed by atoms with E-state index in [2.05, 4.69) is 12.2 Å². The number of likely N-dealkylation sites (tertiary alicyclic amines) is 1. The highest BCUT2D eigenvalue weighted by molar-refractivity contribution is 5.80. The third-order valence-electron chi connectivity index (χ3n) is 5.93. The lowest BCUT2D eigenvalue weighted by atomic mass is 9.81. The van der Waals surface area contributed by atoms with Crippen molar-refractivity contribution in [1.82, 2.24) is 10.2 Å². The molecule has 3 aliphatic rings. The first-order valence-corrected chi connectivity index (χ1v) is 8.30. The van der Waals surface area contributed by atoms with E-state index in [0.717, 1.165) is 38.0 Å². The van der Waals surface area contributed by atoms with E-state index >= 15 is 0 Å². The summed E-state index contributed by atoms with van der Waals surface area (Å²) in [5.41, 5.74) is -0.668. The highest BCUT2D eigenvalue weighted by Gasteiger charge is 2.55. The molecule has 0 radical (unpaired) electrons. The van der Waals surface area contributed by atoms with Crippen LogP contribution in [-0.4, -0.2) is 41.1 Å². The zero-order valence-electron chi connectivity index (χ0n) is 12.8. The summed E-state index contributed by atoms with van der Waals surface area (Å²) in [6.45, 7) is 3.26. The van der Waals surface area contributed by atoms with E-state index in [-0.39, 0.29) is 18.0 Å². The Morgan fingerprint density at radius 3 is 2.52 bits per heavy atom. The average molecular weight is 294 g/mol. The third-order valence-corrected chi connectivity index (χ3v) is 5.93. The van der Waals surface area contributed by atoms with Crippen molar-refractivity contribution in [2.75, 3.05) is 13.1 Å². The molecule has 0 spiro atoms. The second-order valence-corrected chi connectivity index (χ2v) is 7.34. The molecule has 0 unspecified atom stereocenters. The van der Waals surface area contributed by atoms with Gasteiger partial charge in [0, 0.05) is 19.1 Å². The molecule has 2 amide bonds. The fourth-order valence-corrected chi connectivity index (χ4v) is 4.46. The van der Waals surface area contributed by atoms with Gasteiger partial charge in [0.2, 0.25) is 0 Å². The Labute approximate surface area is 126 Å². The van der Waals surface area contributed by atoms with Gasteiger partial charge in [-0.2, -0.15) is 0 Å². The lowest BCUT2D eigenvalue weighted by Crippen LogP contribution is -2.46. The molecular weight excluding hydrogens is 268 g/mol. The van der Waals surface area contributed by atoms with E-state index in [4.69, 9.17) is 0 Å². The minimum absolute atomic E-state index is 0.0513. The first kappa shape index (κ1) is 14.7. The fourth-order valence-electron chi connectivity index (χ4n) is 4.46. The van der Waals surface area contributed by atoms with Gasteiger partial charge in [-0.25, -0.2) is 4.79 Å². The smallest absolute Gasteiger partial charge is 0.317 e. The number of nitrogens with zero attached hydrogens (tertiary/aromatic N) is 1. The summed E-state index contributed by atoms with van der Waals surface area (Å²) in [7, 11) is 0. The van der Waals surface area contributed by atoms with Crippen LogP contribution in [0.4, 0.5) is 4.79 Å². The van der Waals surface area contributed by atoms with Crippen molar-refractivity contribution in [3.05, 3.63) is 0 Å². The topological polar surface area (TPSA) is 69.6 Å². The van der Waals surface area contributed by atoms with Crippen LogP contribution in [0.2, 0.25) is 0 Å². The van der Waals surface area contributed by atoms with Gasteiger partial charge in [-0.1, -0.05) is 13.3 Å². The van der Waals surface area contributed by atoms with Gasteiger partial charge in [-0.3, -0.25) is 4.79 Å². The first-order chi connectivity index (χ1) is 10.0. The molecule has 1 heterocycles. The minimum Gasteiger partial charge on any atom is -0.481 e. The molecule has 3 fully saturated rings. The summed E-state index contributed by atoms with van der Waals surface area (Å²) in [6, 6.07) is 0.222. The molecule has 21 heavy (non-hydrogen) atoms. The molecule has 1 saturated heterocycles. The number of carbonyl (C=O) groups is 2. The van der Waals surface area contributed by atoms with E-state index in [1.54, 1.807) is 4.90 Å². The Bertz CT molecular complexity index is 431. The largest absolute Gasteiger partial charge is 0.481 e. The van der Waals surface area contributed by atoms with Gasteiger partial charge in [-0.15, -0.1) is 0 Å². The van der Waals surface area contributed by atoms with Gasteiger partial charge >= 0.3 is 12.0 Å². The zero-order chi connectivity index (χ0) is 15.0. The summed E-state index contributed by atoms with van der Waals surface area (Å²) in [4.78, 5) is 25.8.